The molecule has 0 aliphatic heterocycles. The van der Waals surface area contributed by atoms with E-state index >= 15 is 0 Å². The lowest BCUT2D eigenvalue weighted by atomic mass is 10.1. The van der Waals surface area contributed by atoms with E-state index in [0.29, 0.717) is 10.9 Å². The maximum atomic E-state index is 13.9. The quantitative estimate of drug-likeness (QED) is 0.0494. The number of anilines is 1. The van der Waals surface area contributed by atoms with Gasteiger partial charge in [0.2, 0.25) is 0 Å². The van der Waals surface area contributed by atoms with Crippen LogP contribution < -0.4 is 10.1 Å². The maximum Gasteiger partial charge on any atom is 0.536 e. The number of carbonyl (C=O) groups excluding carboxylic acids is 1. The summed E-state index contributed by atoms with van der Waals surface area (Å²) < 4.78 is 19.2. The number of aryl methyl sites for hydroxylation is 5. The summed E-state index contributed by atoms with van der Waals surface area (Å²) in [6.07, 6.45) is 1.64. The third-order valence-electron chi connectivity index (χ3n) is 11.2. The van der Waals surface area contributed by atoms with Crippen molar-refractivity contribution in [3.63, 3.8) is 0 Å². The molecule has 62 heavy (non-hydrogen) atoms. The van der Waals surface area contributed by atoms with Crippen LogP contribution in [0.15, 0.2) is 96.6 Å². The lowest BCUT2D eigenvalue weighted by molar-refractivity contribution is -0.114. The predicted octanol–water partition coefficient (Wildman–Crippen LogP) is 12.5. The highest BCUT2D eigenvalue weighted by Crippen LogP contribution is 2.49. The standard InChI is InChI=1S/C49H44N4O4S4Si/c1-9-52-39-13-11-10-12-37(39)38-26-33(14-19-40(38)52)42-23-30(3)47(59-42)44-25-32(5)48(61-44)45-24-31(4)46(60-45)43-22-29(2)41(58-43)27-34(28-51)49(54)53(21-20-50)35-15-17-36(18-16-35)62(55-6,56-7)57-8/h10-19,22-27H,9,21H2,1-8H3/b34-27+. The predicted molar refractivity (Wildman–Crippen MR) is 262 cm³/mol. The molecule has 0 aliphatic rings. The molecule has 3 aromatic carbocycles. The van der Waals surface area contributed by atoms with Crippen molar-refractivity contribution in [3.8, 4) is 51.8 Å². The second kappa shape index (κ2) is 17.7. The lowest BCUT2D eigenvalue weighted by Gasteiger charge is -2.25. The zero-order valence-electron chi connectivity index (χ0n) is 35.7. The number of benzene rings is 3. The molecule has 8 rings (SSSR count). The number of para-hydroxylation sites is 1. The summed E-state index contributed by atoms with van der Waals surface area (Å²) >= 11 is 7.03. The van der Waals surface area contributed by atoms with E-state index in [1.807, 2.05) is 29.6 Å². The van der Waals surface area contributed by atoms with Crippen molar-refractivity contribution in [3.05, 3.63) is 124 Å². The fourth-order valence-corrected chi connectivity index (χ4v) is 15.0. The monoisotopic (exact) mass is 908 g/mol. The number of thiophene rings is 4. The van der Waals surface area contributed by atoms with E-state index in [-0.39, 0.29) is 12.1 Å². The summed E-state index contributed by atoms with van der Waals surface area (Å²) in [6.45, 7) is 11.4. The normalized spacial score (nSPS) is 12.0. The Hall–Kier alpha value is -5.45. The van der Waals surface area contributed by atoms with Crippen LogP contribution in [0.5, 0.6) is 0 Å². The maximum absolute atomic E-state index is 13.9. The highest BCUT2D eigenvalue weighted by atomic mass is 32.1. The van der Waals surface area contributed by atoms with Crippen molar-refractivity contribution in [1.82, 2.24) is 4.57 Å². The highest BCUT2D eigenvalue weighted by Gasteiger charge is 2.40. The molecule has 0 aliphatic carbocycles. The van der Waals surface area contributed by atoms with Crippen LogP contribution in [0.2, 0.25) is 0 Å². The molecular formula is C49H44N4O4S4Si. The molecule has 5 aromatic heterocycles. The van der Waals surface area contributed by atoms with Crippen LogP contribution in [0.25, 0.3) is 67.6 Å². The van der Waals surface area contributed by atoms with Gasteiger partial charge in [0.15, 0.2) is 0 Å². The Morgan fingerprint density at radius 2 is 1.24 bits per heavy atom. The van der Waals surface area contributed by atoms with Crippen molar-refractivity contribution < 1.29 is 18.1 Å². The first-order valence-electron chi connectivity index (χ1n) is 20.0. The van der Waals surface area contributed by atoms with Crippen LogP contribution in [0, 0.1) is 50.4 Å². The van der Waals surface area contributed by atoms with Crippen LogP contribution in [-0.4, -0.2) is 47.2 Å². The van der Waals surface area contributed by atoms with Crippen LogP contribution in [0.1, 0.15) is 34.1 Å². The molecule has 0 saturated carbocycles. The molecule has 0 bridgehead atoms. The van der Waals surface area contributed by atoms with Crippen molar-refractivity contribution in [2.45, 2.75) is 41.2 Å². The van der Waals surface area contributed by atoms with Crippen LogP contribution in [0.3, 0.4) is 0 Å². The first-order chi connectivity index (χ1) is 30.0. The largest absolute Gasteiger partial charge is 0.536 e. The average Bonchev–Trinajstić information content (AvgIpc) is 4.12. The van der Waals surface area contributed by atoms with Gasteiger partial charge in [-0.25, -0.2) is 0 Å². The fourth-order valence-electron chi connectivity index (χ4n) is 8.06. The van der Waals surface area contributed by atoms with E-state index in [4.69, 9.17) is 13.3 Å². The van der Waals surface area contributed by atoms with E-state index in [9.17, 15) is 15.3 Å². The number of hydrogen-bond acceptors (Lipinski definition) is 10. The minimum Gasteiger partial charge on any atom is -0.373 e. The van der Waals surface area contributed by atoms with Crippen LogP contribution in [-0.2, 0) is 24.6 Å². The third-order valence-corrected chi connectivity index (χ3v) is 19.3. The van der Waals surface area contributed by atoms with E-state index in [2.05, 4.69) is 111 Å². The van der Waals surface area contributed by atoms with E-state index < -0.39 is 14.7 Å². The molecule has 0 fully saturated rings. The summed E-state index contributed by atoms with van der Waals surface area (Å²) in [4.78, 5) is 24.6. The van der Waals surface area contributed by atoms with Gasteiger partial charge in [-0.3, -0.25) is 9.69 Å². The molecule has 0 spiro atoms. The van der Waals surface area contributed by atoms with E-state index in [1.165, 1.54) is 94.7 Å². The molecule has 8 nitrogen and oxygen atoms in total. The Labute approximate surface area is 379 Å². The lowest BCUT2D eigenvalue weighted by Crippen LogP contribution is -2.54. The number of nitrogens with zero attached hydrogens (tertiary/aromatic N) is 4. The first kappa shape index (κ1) is 43.2. The molecule has 0 atom stereocenters. The number of hydrogen-bond donors (Lipinski definition) is 0. The summed E-state index contributed by atoms with van der Waals surface area (Å²) in [6, 6.07) is 35.7. The minimum absolute atomic E-state index is 0.0581. The van der Waals surface area contributed by atoms with Gasteiger partial charge < -0.3 is 17.8 Å². The molecule has 0 unspecified atom stereocenters. The van der Waals surface area contributed by atoms with Gasteiger partial charge in [0, 0.05) is 99.6 Å². The third kappa shape index (κ3) is 7.70. The Bertz CT molecular complexity index is 3100. The van der Waals surface area contributed by atoms with Crippen molar-refractivity contribution in [2.75, 3.05) is 32.8 Å². The van der Waals surface area contributed by atoms with Gasteiger partial charge in [-0.1, -0.05) is 36.4 Å². The van der Waals surface area contributed by atoms with Gasteiger partial charge in [0.05, 0.1) is 6.07 Å². The van der Waals surface area contributed by atoms with Gasteiger partial charge >= 0.3 is 8.80 Å². The zero-order valence-corrected chi connectivity index (χ0v) is 40.0. The van der Waals surface area contributed by atoms with Crippen molar-refractivity contribution in [2.24, 2.45) is 0 Å². The van der Waals surface area contributed by atoms with Gasteiger partial charge in [0.25, 0.3) is 5.91 Å². The molecular weight excluding hydrogens is 865 g/mol. The van der Waals surface area contributed by atoms with Gasteiger partial charge in [0.1, 0.15) is 18.2 Å². The number of fused-ring (bicyclic) bond motifs is 3. The highest BCUT2D eigenvalue weighted by molar-refractivity contribution is 7.29. The second-order valence-electron chi connectivity index (χ2n) is 15.0. The van der Waals surface area contributed by atoms with Crippen LogP contribution in [0.4, 0.5) is 5.69 Å². The molecule has 0 N–H and O–H groups in total. The van der Waals surface area contributed by atoms with Crippen molar-refractivity contribution >= 4 is 98.8 Å². The number of rotatable bonds is 13. The van der Waals surface area contributed by atoms with Gasteiger partial charge in [-0.05, 0) is 123 Å². The second-order valence-corrected chi connectivity index (χ2v) is 22.1. The molecule has 5 heterocycles. The smallest absolute Gasteiger partial charge is 0.373 e. The van der Waals surface area contributed by atoms with Gasteiger partial charge in [-0.15, -0.1) is 45.3 Å². The summed E-state index contributed by atoms with van der Waals surface area (Å²) in [5.74, 6) is -0.557. The Kier molecular flexibility index (Phi) is 12.4. The number of amides is 1. The number of nitriles is 2. The topological polar surface area (TPSA) is 101 Å². The van der Waals surface area contributed by atoms with E-state index in [1.54, 1.807) is 53.0 Å². The molecule has 13 heteroatoms. The SMILES string of the molecule is CCn1c2ccccc2c2cc(-c3cc(C)c(-c4cc(C)c(-c5cc(C)c(-c6cc(C)c(/C=C(\C#N)C(=O)N(CC#N)c7ccc([Si](OC)(OC)OC)cc7)s6)s5)s4)s3)ccc21. The van der Waals surface area contributed by atoms with Crippen molar-refractivity contribution in [1.29, 1.82) is 10.5 Å². The summed E-state index contributed by atoms with van der Waals surface area (Å²) in [5, 5.41) is 23.2. The molecule has 0 radical (unpaired) electrons. The van der Waals surface area contributed by atoms with Crippen LogP contribution >= 0.6 is 45.3 Å². The summed E-state index contributed by atoms with van der Waals surface area (Å²) in [5.41, 5.74) is 8.86. The molecule has 1 amide bonds. The number of carbonyl (C=O) groups is 1. The van der Waals surface area contributed by atoms with Gasteiger partial charge in [-0.2, -0.15) is 10.5 Å². The summed E-state index contributed by atoms with van der Waals surface area (Å²) in [7, 11) is 1.47. The Morgan fingerprint density at radius 3 is 1.82 bits per heavy atom. The molecule has 8 aromatic rings. The Balaban J connectivity index is 1.05. The fraction of sp³-hybridized carbons (Fsp3) is 0.204. The first-order valence-corrected chi connectivity index (χ1v) is 25.0. The molecule has 0 saturated heterocycles. The Morgan fingerprint density at radius 1 is 0.694 bits per heavy atom. The zero-order chi connectivity index (χ0) is 43.9. The van der Waals surface area contributed by atoms with E-state index in [0.717, 1.165) is 26.7 Å². The minimum atomic E-state index is -3.10. The molecule has 312 valence electrons. The average molecular weight is 909 g/mol. The number of aromatic nitrogens is 1.